The molecule has 24 heavy (non-hydrogen) atoms. The van der Waals surface area contributed by atoms with Gasteiger partial charge in [0.2, 0.25) is 0 Å². The fourth-order valence-electron chi connectivity index (χ4n) is 2.64. The Morgan fingerprint density at radius 3 is 2.58 bits per heavy atom. The lowest BCUT2D eigenvalue weighted by molar-refractivity contribution is -0.133. The SMILES string of the molecule is N#Cc1ccccc1OCC(=O)N1CCN(c2ccccn2)CC1. The fraction of sp³-hybridized carbons (Fsp3) is 0.278. The van der Waals surface area contributed by atoms with Crippen LogP contribution in [0, 0.1) is 11.3 Å². The second-order valence-electron chi connectivity index (χ2n) is 5.45. The van der Waals surface area contributed by atoms with Gasteiger partial charge in [0.05, 0.1) is 5.56 Å². The number of rotatable bonds is 4. The van der Waals surface area contributed by atoms with E-state index in [1.807, 2.05) is 18.2 Å². The summed E-state index contributed by atoms with van der Waals surface area (Å²) in [5.74, 6) is 1.31. The van der Waals surface area contributed by atoms with Gasteiger partial charge in [-0.25, -0.2) is 4.98 Å². The Morgan fingerprint density at radius 2 is 1.88 bits per heavy atom. The molecular formula is C18H18N4O2. The average molecular weight is 322 g/mol. The van der Waals surface area contributed by atoms with E-state index in [1.165, 1.54) is 0 Å². The van der Waals surface area contributed by atoms with Crippen LogP contribution in [-0.2, 0) is 4.79 Å². The smallest absolute Gasteiger partial charge is 0.260 e. The maximum Gasteiger partial charge on any atom is 0.260 e. The second kappa shape index (κ2) is 7.47. The van der Waals surface area contributed by atoms with Gasteiger partial charge in [0.25, 0.3) is 5.91 Å². The standard InChI is InChI=1S/C18H18N4O2/c19-13-15-5-1-2-6-16(15)24-14-18(23)22-11-9-21(10-12-22)17-7-3-4-8-20-17/h1-8H,9-12,14H2. The molecule has 1 aliphatic rings. The number of nitriles is 1. The van der Waals surface area contributed by atoms with E-state index in [0.29, 0.717) is 24.4 Å². The van der Waals surface area contributed by atoms with E-state index in [0.717, 1.165) is 18.9 Å². The lowest BCUT2D eigenvalue weighted by Crippen LogP contribution is -2.50. The molecule has 1 aromatic carbocycles. The van der Waals surface area contributed by atoms with Crippen LogP contribution in [0.5, 0.6) is 5.75 Å². The van der Waals surface area contributed by atoms with Gasteiger partial charge in [-0.05, 0) is 24.3 Å². The van der Waals surface area contributed by atoms with Crippen LogP contribution in [0.2, 0.25) is 0 Å². The number of carbonyl (C=O) groups is 1. The van der Waals surface area contributed by atoms with Gasteiger partial charge in [0, 0.05) is 32.4 Å². The minimum Gasteiger partial charge on any atom is -0.482 e. The van der Waals surface area contributed by atoms with E-state index in [1.54, 1.807) is 35.4 Å². The lowest BCUT2D eigenvalue weighted by Gasteiger charge is -2.35. The van der Waals surface area contributed by atoms with Gasteiger partial charge < -0.3 is 14.5 Å². The van der Waals surface area contributed by atoms with E-state index in [4.69, 9.17) is 10.00 Å². The molecule has 1 amide bonds. The van der Waals surface area contributed by atoms with Crippen molar-refractivity contribution in [2.45, 2.75) is 0 Å². The molecule has 0 N–H and O–H groups in total. The molecule has 122 valence electrons. The first-order valence-electron chi connectivity index (χ1n) is 7.83. The molecule has 1 fully saturated rings. The average Bonchev–Trinajstić information content (AvgIpc) is 2.67. The van der Waals surface area contributed by atoms with Gasteiger partial charge in [0.1, 0.15) is 17.6 Å². The van der Waals surface area contributed by atoms with Gasteiger partial charge in [-0.3, -0.25) is 4.79 Å². The monoisotopic (exact) mass is 322 g/mol. The lowest BCUT2D eigenvalue weighted by atomic mass is 10.2. The molecule has 0 aliphatic carbocycles. The quantitative estimate of drug-likeness (QED) is 0.856. The van der Waals surface area contributed by atoms with E-state index in [9.17, 15) is 4.79 Å². The van der Waals surface area contributed by atoms with E-state index < -0.39 is 0 Å². The van der Waals surface area contributed by atoms with E-state index in [2.05, 4.69) is 16.0 Å². The zero-order valence-corrected chi connectivity index (χ0v) is 13.3. The first-order valence-corrected chi connectivity index (χ1v) is 7.83. The maximum absolute atomic E-state index is 12.3. The van der Waals surface area contributed by atoms with Crippen molar-refractivity contribution in [1.29, 1.82) is 5.26 Å². The van der Waals surface area contributed by atoms with Crippen LogP contribution in [0.4, 0.5) is 5.82 Å². The number of hydrogen-bond donors (Lipinski definition) is 0. The third kappa shape index (κ3) is 3.63. The molecule has 2 aromatic rings. The minimum atomic E-state index is -0.0663. The second-order valence-corrected chi connectivity index (χ2v) is 5.45. The van der Waals surface area contributed by atoms with Crippen molar-refractivity contribution in [3.8, 4) is 11.8 Å². The summed E-state index contributed by atoms with van der Waals surface area (Å²) in [7, 11) is 0. The number of benzene rings is 1. The number of para-hydroxylation sites is 1. The fourth-order valence-corrected chi connectivity index (χ4v) is 2.64. The molecule has 0 unspecified atom stereocenters. The summed E-state index contributed by atoms with van der Waals surface area (Å²) in [6.45, 7) is 2.72. The molecule has 0 saturated carbocycles. The Balaban J connectivity index is 1.51. The minimum absolute atomic E-state index is 0.0533. The molecule has 3 rings (SSSR count). The largest absolute Gasteiger partial charge is 0.482 e. The Bertz CT molecular complexity index is 734. The Kier molecular flexibility index (Phi) is 4.92. The summed E-state index contributed by atoms with van der Waals surface area (Å²) in [5, 5.41) is 9.03. The number of aromatic nitrogens is 1. The van der Waals surface area contributed by atoms with Crippen molar-refractivity contribution in [1.82, 2.24) is 9.88 Å². The predicted molar refractivity (Wildman–Crippen MR) is 89.7 cm³/mol. The number of ether oxygens (including phenoxy) is 1. The molecule has 0 spiro atoms. The highest BCUT2D eigenvalue weighted by Gasteiger charge is 2.22. The van der Waals surface area contributed by atoms with Crippen molar-refractivity contribution >= 4 is 11.7 Å². The number of pyridine rings is 1. The van der Waals surface area contributed by atoms with Gasteiger partial charge in [-0.2, -0.15) is 5.26 Å². The van der Waals surface area contributed by atoms with E-state index in [-0.39, 0.29) is 12.5 Å². The number of nitrogens with zero attached hydrogens (tertiary/aromatic N) is 4. The molecule has 1 saturated heterocycles. The van der Waals surface area contributed by atoms with Gasteiger partial charge in [-0.15, -0.1) is 0 Å². The first-order chi connectivity index (χ1) is 11.8. The van der Waals surface area contributed by atoms with Crippen molar-refractivity contribution in [2.24, 2.45) is 0 Å². The molecule has 2 heterocycles. The maximum atomic E-state index is 12.3. The molecule has 0 atom stereocenters. The molecule has 0 radical (unpaired) electrons. The number of amides is 1. The highest BCUT2D eigenvalue weighted by atomic mass is 16.5. The number of carbonyl (C=O) groups excluding carboxylic acids is 1. The summed E-state index contributed by atoms with van der Waals surface area (Å²) < 4.78 is 5.51. The van der Waals surface area contributed by atoms with Crippen molar-refractivity contribution in [3.63, 3.8) is 0 Å². The highest BCUT2D eigenvalue weighted by molar-refractivity contribution is 5.78. The Labute approximate surface area is 140 Å². The highest BCUT2D eigenvalue weighted by Crippen LogP contribution is 2.17. The number of hydrogen-bond acceptors (Lipinski definition) is 5. The summed E-state index contributed by atoms with van der Waals surface area (Å²) in [5.41, 5.74) is 0.435. The third-order valence-corrected chi connectivity index (χ3v) is 3.96. The van der Waals surface area contributed by atoms with Crippen LogP contribution in [0.15, 0.2) is 48.7 Å². The van der Waals surface area contributed by atoms with Gasteiger partial charge >= 0.3 is 0 Å². The summed E-state index contributed by atoms with van der Waals surface area (Å²) in [6.07, 6.45) is 1.77. The normalized spacial score (nSPS) is 14.1. The zero-order chi connectivity index (χ0) is 16.8. The first kappa shape index (κ1) is 15.8. The Morgan fingerprint density at radius 1 is 1.12 bits per heavy atom. The Hall–Kier alpha value is -3.07. The van der Waals surface area contributed by atoms with Crippen molar-refractivity contribution in [3.05, 3.63) is 54.2 Å². The van der Waals surface area contributed by atoms with Crippen LogP contribution < -0.4 is 9.64 Å². The molecule has 0 bridgehead atoms. The molecule has 6 heteroatoms. The zero-order valence-electron chi connectivity index (χ0n) is 13.3. The summed E-state index contributed by atoms with van der Waals surface area (Å²) in [4.78, 5) is 20.6. The van der Waals surface area contributed by atoms with E-state index >= 15 is 0 Å². The number of piperazine rings is 1. The molecular weight excluding hydrogens is 304 g/mol. The van der Waals surface area contributed by atoms with Crippen LogP contribution in [0.3, 0.4) is 0 Å². The van der Waals surface area contributed by atoms with Crippen molar-refractivity contribution in [2.75, 3.05) is 37.7 Å². The van der Waals surface area contributed by atoms with Gasteiger partial charge in [-0.1, -0.05) is 18.2 Å². The molecule has 1 aliphatic heterocycles. The summed E-state index contributed by atoms with van der Waals surface area (Å²) >= 11 is 0. The van der Waals surface area contributed by atoms with Crippen molar-refractivity contribution < 1.29 is 9.53 Å². The number of anilines is 1. The van der Waals surface area contributed by atoms with Crippen LogP contribution in [0.1, 0.15) is 5.56 Å². The summed E-state index contributed by atoms with van der Waals surface area (Å²) in [6, 6.07) is 14.8. The van der Waals surface area contributed by atoms with Crippen LogP contribution >= 0.6 is 0 Å². The topological polar surface area (TPSA) is 69.5 Å². The van der Waals surface area contributed by atoms with Crippen LogP contribution in [0.25, 0.3) is 0 Å². The molecule has 6 nitrogen and oxygen atoms in total. The van der Waals surface area contributed by atoms with Crippen LogP contribution in [-0.4, -0.2) is 48.6 Å². The molecule has 1 aromatic heterocycles. The van der Waals surface area contributed by atoms with Gasteiger partial charge in [0.15, 0.2) is 6.61 Å². The third-order valence-electron chi connectivity index (χ3n) is 3.96. The predicted octanol–water partition coefficient (Wildman–Crippen LogP) is 1.68.